The molecule has 0 radical (unpaired) electrons. The van der Waals surface area contributed by atoms with Crippen LogP contribution in [-0.4, -0.2) is 45.5 Å². The van der Waals surface area contributed by atoms with Gasteiger partial charge >= 0.3 is 5.97 Å². The lowest BCUT2D eigenvalue weighted by atomic mass is 10.0. The number of hydrogen-bond acceptors (Lipinski definition) is 5. The number of nitrogens with one attached hydrogen (secondary N) is 1. The van der Waals surface area contributed by atoms with Gasteiger partial charge in [0.05, 0.1) is 0 Å². The second-order valence-electron chi connectivity index (χ2n) is 6.03. The van der Waals surface area contributed by atoms with Crippen molar-refractivity contribution in [2.24, 2.45) is 0 Å². The van der Waals surface area contributed by atoms with Gasteiger partial charge < -0.3 is 10.0 Å². The molecule has 0 bridgehead atoms. The van der Waals surface area contributed by atoms with Crippen LogP contribution in [0.4, 0.5) is 0 Å². The van der Waals surface area contributed by atoms with Crippen LogP contribution < -0.4 is 5.32 Å². The molecule has 3 rings (SSSR count). The van der Waals surface area contributed by atoms with E-state index in [4.69, 9.17) is 5.11 Å². The molecule has 0 spiro atoms. The number of thioether (sulfide) groups is 1. The van der Waals surface area contributed by atoms with Gasteiger partial charge in [0.25, 0.3) is 5.91 Å². The SMILES string of the molecule is O=C(O)CCCSc1cccc2c1CN(C1CCC(=O)NC1=O)C2=O. The van der Waals surface area contributed by atoms with E-state index >= 15 is 0 Å². The molecule has 25 heavy (non-hydrogen) atoms. The number of fused-ring (bicyclic) bond motifs is 1. The van der Waals surface area contributed by atoms with Crippen molar-refractivity contribution in [1.82, 2.24) is 10.2 Å². The number of hydrogen-bond donors (Lipinski definition) is 2. The molecule has 1 atom stereocenters. The minimum absolute atomic E-state index is 0.114. The Morgan fingerprint density at radius 3 is 2.84 bits per heavy atom. The third-order valence-corrected chi connectivity index (χ3v) is 5.52. The van der Waals surface area contributed by atoms with E-state index in [-0.39, 0.29) is 24.7 Å². The molecular formula is C17H18N2O5S. The number of imide groups is 1. The molecule has 132 valence electrons. The Kier molecular flexibility index (Phi) is 5.08. The van der Waals surface area contributed by atoms with E-state index in [1.807, 2.05) is 6.07 Å². The van der Waals surface area contributed by atoms with Crippen LogP contribution in [0.25, 0.3) is 0 Å². The normalized spacial score (nSPS) is 19.8. The highest BCUT2D eigenvalue weighted by Gasteiger charge is 2.39. The Bertz CT molecular complexity index is 749. The zero-order valence-electron chi connectivity index (χ0n) is 13.5. The molecule has 8 heteroatoms. The molecule has 7 nitrogen and oxygen atoms in total. The maximum atomic E-state index is 12.7. The van der Waals surface area contributed by atoms with Crippen LogP contribution in [0.5, 0.6) is 0 Å². The van der Waals surface area contributed by atoms with Gasteiger partial charge in [0.1, 0.15) is 6.04 Å². The van der Waals surface area contributed by atoms with Crippen molar-refractivity contribution < 1.29 is 24.3 Å². The topological polar surface area (TPSA) is 104 Å². The fourth-order valence-electron chi connectivity index (χ4n) is 3.10. The predicted octanol–water partition coefficient (Wildman–Crippen LogP) is 1.40. The van der Waals surface area contributed by atoms with Crippen LogP contribution in [0.1, 0.15) is 41.6 Å². The van der Waals surface area contributed by atoms with Crippen molar-refractivity contribution in [2.45, 2.75) is 43.2 Å². The predicted molar refractivity (Wildman–Crippen MR) is 90.1 cm³/mol. The molecule has 1 fully saturated rings. The zero-order chi connectivity index (χ0) is 18.0. The number of amides is 3. The fraction of sp³-hybridized carbons (Fsp3) is 0.412. The van der Waals surface area contributed by atoms with Gasteiger partial charge in [-0.1, -0.05) is 6.07 Å². The van der Waals surface area contributed by atoms with Crippen molar-refractivity contribution in [3.05, 3.63) is 29.3 Å². The first-order valence-corrected chi connectivity index (χ1v) is 9.07. The molecule has 2 heterocycles. The highest BCUT2D eigenvalue weighted by molar-refractivity contribution is 7.99. The molecular weight excluding hydrogens is 344 g/mol. The summed E-state index contributed by atoms with van der Waals surface area (Å²) in [5.74, 6) is -1.10. The summed E-state index contributed by atoms with van der Waals surface area (Å²) in [5.41, 5.74) is 1.45. The van der Waals surface area contributed by atoms with E-state index in [1.54, 1.807) is 12.1 Å². The van der Waals surface area contributed by atoms with E-state index in [2.05, 4.69) is 5.32 Å². The van der Waals surface area contributed by atoms with Gasteiger partial charge in [-0.2, -0.15) is 0 Å². The van der Waals surface area contributed by atoms with Gasteiger partial charge in [0.2, 0.25) is 11.8 Å². The molecule has 2 aliphatic heterocycles. The third-order valence-electron chi connectivity index (χ3n) is 4.33. The highest BCUT2D eigenvalue weighted by Crippen LogP contribution is 2.34. The van der Waals surface area contributed by atoms with E-state index in [1.165, 1.54) is 16.7 Å². The minimum atomic E-state index is -0.821. The summed E-state index contributed by atoms with van der Waals surface area (Å²) >= 11 is 1.52. The molecule has 0 saturated carbocycles. The fourth-order valence-corrected chi connectivity index (χ4v) is 4.13. The molecule has 2 N–H and O–H groups in total. The quantitative estimate of drug-likeness (QED) is 0.450. The van der Waals surface area contributed by atoms with Crippen LogP contribution in [-0.2, 0) is 20.9 Å². The first-order chi connectivity index (χ1) is 12.0. The summed E-state index contributed by atoms with van der Waals surface area (Å²) in [6, 6.07) is 4.82. The maximum Gasteiger partial charge on any atom is 0.303 e. The number of piperidine rings is 1. The Morgan fingerprint density at radius 2 is 2.12 bits per heavy atom. The third kappa shape index (κ3) is 3.68. The number of aliphatic carboxylic acids is 1. The van der Waals surface area contributed by atoms with Gasteiger partial charge in [0.15, 0.2) is 0 Å². The Morgan fingerprint density at radius 1 is 1.32 bits per heavy atom. The van der Waals surface area contributed by atoms with Gasteiger partial charge in [-0.3, -0.25) is 24.5 Å². The number of rotatable bonds is 6. The van der Waals surface area contributed by atoms with E-state index in [0.717, 1.165) is 10.5 Å². The van der Waals surface area contributed by atoms with Gasteiger partial charge in [0, 0.05) is 29.8 Å². The highest BCUT2D eigenvalue weighted by atomic mass is 32.2. The second-order valence-corrected chi connectivity index (χ2v) is 7.16. The van der Waals surface area contributed by atoms with Crippen LogP contribution in [0.2, 0.25) is 0 Å². The largest absolute Gasteiger partial charge is 0.481 e. The number of carbonyl (C=O) groups excluding carboxylic acids is 3. The van der Waals surface area contributed by atoms with E-state index < -0.39 is 17.9 Å². The monoisotopic (exact) mass is 362 g/mol. The lowest BCUT2D eigenvalue weighted by Crippen LogP contribution is -2.52. The van der Waals surface area contributed by atoms with Crippen molar-refractivity contribution in [1.29, 1.82) is 0 Å². The summed E-state index contributed by atoms with van der Waals surface area (Å²) in [4.78, 5) is 49.1. The molecule has 1 unspecified atom stereocenters. The summed E-state index contributed by atoms with van der Waals surface area (Å²) < 4.78 is 0. The molecule has 1 aromatic rings. The summed E-state index contributed by atoms with van der Waals surface area (Å²) in [6.07, 6.45) is 1.23. The standard InChI is InChI=1S/C17H18N2O5S/c20-14-7-6-12(16(23)18-14)19-9-11-10(17(19)24)3-1-4-13(11)25-8-2-5-15(21)22/h1,3-4,12H,2,5-9H2,(H,21,22)(H,18,20,23). The van der Waals surface area contributed by atoms with Crippen molar-refractivity contribution >= 4 is 35.5 Å². The number of carboxylic acids is 1. The number of carbonyl (C=O) groups is 4. The zero-order valence-corrected chi connectivity index (χ0v) is 14.3. The molecule has 1 saturated heterocycles. The molecule has 3 amide bonds. The Hall–Kier alpha value is -2.35. The Labute approximate surface area is 148 Å². The van der Waals surface area contributed by atoms with Crippen LogP contribution in [0.15, 0.2) is 23.1 Å². The number of carboxylic acid groups (broad SMARTS) is 1. The molecule has 2 aliphatic rings. The lowest BCUT2D eigenvalue weighted by Gasteiger charge is -2.29. The van der Waals surface area contributed by atoms with E-state index in [9.17, 15) is 19.2 Å². The first-order valence-electron chi connectivity index (χ1n) is 8.08. The number of benzene rings is 1. The molecule has 0 aromatic heterocycles. The number of nitrogens with zero attached hydrogens (tertiary/aromatic N) is 1. The molecule has 1 aromatic carbocycles. The van der Waals surface area contributed by atoms with Gasteiger partial charge in [-0.05, 0) is 36.3 Å². The van der Waals surface area contributed by atoms with E-state index in [0.29, 0.717) is 30.7 Å². The summed E-state index contributed by atoms with van der Waals surface area (Å²) in [6.45, 7) is 0.336. The minimum Gasteiger partial charge on any atom is -0.481 e. The lowest BCUT2D eigenvalue weighted by molar-refractivity contribution is -0.138. The van der Waals surface area contributed by atoms with Crippen molar-refractivity contribution in [2.75, 3.05) is 5.75 Å². The first kappa shape index (κ1) is 17.5. The second kappa shape index (κ2) is 7.26. The van der Waals surface area contributed by atoms with Crippen LogP contribution in [0.3, 0.4) is 0 Å². The maximum absolute atomic E-state index is 12.7. The van der Waals surface area contributed by atoms with Crippen LogP contribution in [0, 0.1) is 0 Å². The Balaban J connectivity index is 1.72. The smallest absolute Gasteiger partial charge is 0.303 e. The average Bonchev–Trinajstić information content (AvgIpc) is 2.89. The van der Waals surface area contributed by atoms with Crippen molar-refractivity contribution in [3.8, 4) is 0 Å². The summed E-state index contributed by atoms with van der Waals surface area (Å²) in [7, 11) is 0. The molecule has 0 aliphatic carbocycles. The van der Waals surface area contributed by atoms with Gasteiger partial charge in [-0.25, -0.2) is 0 Å². The van der Waals surface area contributed by atoms with Gasteiger partial charge in [-0.15, -0.1) is 11.8 Å². The summed E-state index contributed by atoms with van der Waals surface area (Å²) in [5, 5.41) is 11.0. The average molecular weight is 362 g/mol. The van der Waals surface area contributed by atoms with Crippen LogP contribution >= 0.6 is 11.8 Å². The van der Waals surface area contributed by atoms with Crippen molar-refractivity contribution in [3.63, 3.8) is 0 Å².